The van der Waals surface area contributed by atoms with E-state index in [9.17, 15) is 9.59 Å². The number of amides is 1. The summed E-state index contributed by atoms with van der Waals surface area (Å²) in [4.78, 5) is 23.9. The Kier molecular flexibility index (Phi) is 3.83. The van der Waals surface area contributed by atoms with Crippen molar-refractivity contribution in [2.24, 2.45) is 5.92 Å². The van der Waals surface area contributed by atoms with Gasteiger partial charge in [-0.25, -0.2) is 4.79 Å². The van der Waals surface area contributed by atoms with E-state index in [1.807, 2.05) is 24.3 Å². The SMILES string of the molecule is COc1cc(C(=O)O)ccc1NC(=O)[C@@H]1C[C@]12CCOc1ccccc12. The molecule has 1 aliphatic carbocycles. The second-order valence-electron chi connectivity index (χ2n) is 6.72. The quantitative estimate of drug-likeness (QED) is 0.882. The number of aromatic carboxylic acids is 1. The minimum absolute atomic E-state index is 0.0805. The largest absolute Gasteiger partial charge is 0.495 e. The molecule has 2 atom stereocenters. The standard InChI is InChI=1S/C20H19NO5/c1-25-17-10-12(19(23)24)6-7-15(17)21-18(22)14-11-20(14)8-9-26-16-5-3-2-4-13(16)20/h2-7,10,14H,8-9,11H2,1H3,(H,21,22)(H,23,24)/t14-,20-/m0/s1. The fraction of sp³-hybridized carbons (Fsp3) is 0.300. The van der Waals surface area contributed by atoms with Gasteiger partial charge in [0.2, 0.25) is 5.91 Å². The molecule has 0 saturated heterocycles. The molecular formula is C20H19NO5. The molecule has 4 rings (SSSR count). The molecule has 1 saturated carbocycles. The minimum Gasteiger partial charge on any atom is -0.495 e. The number of carboxylic acid groups (broad SMARTS) is 1. The molecule has 134 valence electrons. The highest BCUT2D eigenvalue weighted by Crippen LogP contribution is 2.60. The average Bonchev–Trinajstić information content (AvgIpc) is 3.37. The van der Waals surface area contributed by atoms with Crippen molar-refractivity contribution in [2.75, 3.05) is 19.0 Å². The number of methoxy groups -OCH3 is 1. The third kappa shape index (κ3) is 2.58. The van der Waals surface area contributed by atoms with Crippen molar-refractivity contribution in [3.8, 4) is 11.5 Å². The lowest BCUT2D eigenvalue weighted by molar-refractivity contribution is -0.117. The molecule has 2 aliphatic rings. The van der Waals surface area contributed by atoms with Gasteiger partial charge in [0.1, 0.15) is 11.5 Å². The van der Waals surface area contributed by atoms with Gasteiger partial charge in [0.05, 0.1) is 25.0 Å². The molecule has 6 heteroatoms. The van der Waals surface area contributed by atoms with Crippen LogP contribution in [0.1, 0.15) is 28.8 Å². The highest BCUT2D eigenvalue weighted by atomic mass is 16.5. The fourth-order valence-electron chi connectivity index (χ4n) is 3.85. The molecule has 0 unspecified atom stereocenters. The second kappa shape index (κ2) is 6.05. The van der Waals surface area contributed by atoms with Crippen molar-refractivity contribution in [2.45, 2.75) is 18.3 Å². The van der Waals surface area contributed by atoms with Gasteiger partial charge >= 0.3 is 5.97 Å². The molecule has 0 radical (unpaired) electrons. The summed E-state index contributed by atoms with van der Waals surface area (Å²) in [7, 11) is 1.45. The van der Waals surface area contributed by atoms with Crippen LogP contribution in [-0.4, -0.2) is 30.7 Å². The Hall–Kier alpha value is -3.02. The van der Waals surface area contributed by atoms with E-state index in [1.54, 1.807) is 6.07 Å². The van der Waals surface area contributed by atoms with Crippen LogP contribution in [0.25, 0.3) is 0 Å². The molecular weight excluding hydrogens is 334 g/mol. The number of carbonyl (C=O) groups is 2. The molecule has 0 aromatic heterocycles. The van der Waals surface area contributed by atoms with Gasteiger partial charge in [-0.2, -0.15) is 0 Å². The van der Waals surface area contributed by atoms with Crippen LogP contribution in [0.5, 0.6) is 11.5 Å². The topological polar surface area (TPSA) is 84.9 Å². The predicted molar refractivity (Wildman–Crippen MR) is 94.9 cm³/mol. The highest BCUT2D eigenvalue weighted by Gasteiger charge is 2.61. The second-order valence-corrected chi connectivity index (χ2v) is 6.72. The first-order chi connectivity index (χ1) is 12.5. The lowest BCUT2D eigenvalue weighted by Crippen LogP contribution is -2.26. The number of fused-ring (bicyclic) bond motifs is 2. The Morgan fingerprint density at radius 2 is 2.08 bits per heavy atom. The van der Waals surface area contributed by atoms with Gasteiger partial charge in [0.25, 0.3) is 0 Å². The predicted octanol–water partition coefficient (Wildman–Crippen LogP) is 3.07. The lowest BCUT2D eigenvalue weighted by atomic mass is 9.87. The van der Waals surface area contributed by atoms with Crippen molar-refractivity contribution in [1.29, 1.82) is 0 Å². The van der Waals surface area contributed by atoms with Crippen LogP contribution < -0.4 is 14.8 Å². The first-order valence-electron chi connectivity index (χ1n) is 8.50. The maximum absolute atomic E-state index is 12.8. The normalized spacial score (nSPS) is 22.9. The summed E-state index contributed by atoms with van der Waals surface area (Å²) in [6, 6.07) is 12.3. The number of nitrogens with one attached hydrogen (secondary N) is 1. The van der Waals surface area contributed by atoms with Crippen molar-refractivity contribution in [3.05, 3.63) is 53.6 Å². The van der Waals surface area contributed by atoms with Crippen molar-refractivity contribution in [1.82, 2.24) is 0 Å². The first-order valence-corrected chi connectivity index (χ1v) is 8.50. The van der Waals surface area contributed by atoms with Crippen LogP contribution in [-0.2, 0) is 10.2 Å². The summed E-state index contributed by atoms with van der Waals surface area (Å²) in [6.07, 6.45) is 1.60. The minimum atomic E-state index is -1.04. The number of carbonyl (C=O) groups excluding carboxylic acids is 1. The Balaban J connectivity index is 1.55. The maximum atomic E-state index is 12.8. The summed E-state index contributed by atoms with van der Waals surface area (Å²) in [5.74, 6) is -0.0570. The third-order valence-electron chi connectivity index (χ3n) is 5.33. The van der Waals surface area contributed by atoms with Gasteiger partial charge in [0, 0.05) is 16.9 Å². The molecule has 26 heavy (non-hydrogen) atoms. The number of para-hydroxylation sites is 1. The van der Waals surface area contributed by atoms with E-state index in [-0.39, 0.29) is 22.8 Å². The van der Waals surface area contributed by atoms with Crippen LogP contribution in [0.3, 0.4) is 0 Å². The number of benzene rings is 2. The molecule has 1 aliphatic heterocycles. The molecule has 1 fully saturated rings. The molecule has 2 aromatic rings. The zero-order valence-electron chi connectivity index (χ0n) is 14.3. The summed E-state index contributed by atoms with van der Waals surface area (Å²) < 4.78 is 10.9. The van der Waals surface area contributed by atoms with E-state index in [0.29, 0.717) is 18.0 Å². The number of carboxylic acids is 1. The summed E-state index contributed by atoms with van der Waals surface area (Å²) in [5.41, 5.74) is 1.53. The number of anilines is 1. The number of ether oxygens (including phenoxy) is 2. The van der Waals surface area contributed by atoms with E-state index in [0.717, 1.165) is 24.2 Å². The van der Waals surface area contributed by atoms with E-state index >= 15 is 0 Å². The molecule has 2 aromatic carbocycles. The monoisotopic (exact) mass is 353 g/mol. The van der Waals surface area contributed by atoms with Crippen LogP contribution >= 0.6 is 0 Å². The maximum Gasteiger partial charge on any atom is 0.335 e. The van der Waals surface area contributed by atoms with Crippen molar-refractivity contribution < 1.29 is 24.2 Å². The Bertz CT molecular complexity index is 894. The third-order valence-corrected chi connectivity index (χ3v) is 5.33. The first kappa shape index (κ1) is 16.4. The molecule has 6 nitrogen and oxygen atoms in total. The van der Waals surface area contributed by atoms with Gasteiger partial charge in [-0.15, -0.1) is 0 Å². The van der Waals surface area contributed by atoms with Gasteiger partial charge in [-0.05, 0) is 37.1 Å². The van der Waals surface area contributed by atoms with E-state index in [2.05, 4.69) is 5.32 Å². The lowest BCUT2D eigenvalue weighted by Gasteiger charge is -2.26. The smallest absolute Gasteiger partial charge is 0.335 e. The zero-order chi connectivity index (χ0) is 18.3. The molecule has 1 amide bonds. The van der Waals surface area contributed by atoms with Crippen LogP contribution in [0.15, 0.2) is 42.5 Å². The highest BCUT2D eigenvalue weighted by molar-refractivity contribution is 5.98. The van der Waals surface area contributed by atoms with E-state index < -0.39 is 5.97 Å². The summed E-state index contributed by atoms with van der Waals surface area (Å²) >= 11 is 0. The van der Waals surface area contributed by atoms with Gasteiger partial charge < -0.3 is 19.9 Å². The van der Waals surface area contributed by atoms with Crippen molar-refractivity contribution in [3.63, 3.8) is 0 Å². The van der Waals surface area contributed by atoms with E-state index in [4.69, 9.17) is 14.6 Å². The van der Waals surface area contributed by atoms with Gasteiger partial charge in [0.15, 0.2) is 0 Å². The van der Waals surface area contributed by atoms with Crippen LogP contribution in [0.2, 0.25) is 0 Å². The fourth-order valence-corrected chi connectivity index (χ4v) is 3.85. The summed E-state index contributed by atoms with van der Waals surface area (Å²) in [6.45, 7) is 0.609. The molecule has 1 heterocycles. The van der Waals surface area contributed by atoms with Crippen LogP contribution in [0, 0.1) is 5.92 Å². The number of rotatable bonds is 4. The summed E-state index contributed by atoms with van der Waals surface area (Å²) in [5, 5.41) is 12.0. The van der Waals surface area contributed by atoms with E-state index in [1.165, 1.54) is 19.2 Å². The Morgan fingerprint density at radius 1 is 1.27 bits per heavy atom. The number of hydrogen-bond donors (Lipinski definition) is 2. The Morgan fingerprint density at radius 3 is 2.85 bits per heavy atom. The van der Waals surface area contributed by atoms with Crippen molar-refractivity contribution >= 4 is 17.6 Å². The number of hydrogen-bond acceptors (Lipinski definition) is 4. The van der Waals surface area contributed by atoms with Gasteiger partial charge in [-0.3, -0.25) is 4.79 Å². The molecule has 2 N–H and O–H groups in total. The Labute approximate surface area is 150 Å². The molecule has 1 spiro atoms. The molecule has 0 bridgehead atoms. The van der Waals surface area contributed by atoms with Crippen LogP contribution in [0.4, 0.5) is 5.69 Å². The average molecular weight is 353 g/mol. The van der Waals surface area contributed by atoms with Gasteiger partial charge in [-0.1, -0.05) is 18.2 Å². The zero-order valence-corrected chi connectivity index (χ0v) is 14.3.